The van der Waals surface area contributed by atoms with Crippen molar-refractivity contribution < 1.29 is 14.6 Å². The largest absolute Gasteiger partial charge is 0.390 e. The molecular weight excluding hydrogens is 195 g/mol. The van der Waals surface area contributed by atoms with Gasteiger partial charge in [-0.25, -0.2) is 4.39 Å². The third-order valence-electron chi connectivity index (χ3n) is 2.40. The van der Waals surface area contributed by atoms with Gasteiger partial charge in [0, 0.05) is 0 Å². The van der Waals surface area contributed by atoms with Crippen LogP contribution in [0.25, 0.3) is 0 Å². The fourth-order valence-electron chi connectivity index (χ4n) is 1.32. The van der Waals surface area contributed by atoms with Gasteiger partial charge in [0.1, 0.15) is 11.9 Å². The van der Waals surface area contributed by atoms with Crippen molar-refractivity contribution in [3.8, 4) is 0 Å². The Bertz CT molecular complexity index is 313. The molecule has 0 aliphatic carbocycles. The predicted molar refractivity (Wildman–Crippen MR) is 56.8 cm³/mol. The molecule has 0 aromatic heterocycles. The Balaban J connectivity index is 2.85. The summed E-state index contributed by atoms with van der Waals surface area (Å²) in [6.07, 6.45) is -1.85. The van der Waals surface area contributed by atoms with Crippen LogP contribution in [0.15, 0.2) is 24.3 Å². The maximum absolute atomic E-state index is 12.6. The third-order valence-corrected chi connectivity index (χ3v) is 2.40. The van der Waals surface area contributed by atoms with E-state index in [2.05, 4.69) is 0 Å². The van der Waals surface area contributed by atoms with Crippen molar-refractivity contribution in [1.82, 2.24) is 0 Å². The second kappa shape index (κ2) is 4.29. The summed E-state index contributed by atoms with van der Waals surface area (Å²) in [6, 6.07) is 5.51. The molecule has 0 saturated carbocycles. The summed E-state index contributed by atoms with van der Waals surface area (Å²) in [4.78, 5) is 0. The molecule has 15 heavy (non-hydrogen) atoms. The number of hydrogen-bond acceptors (Lipinski definition) is 2. The highest BCUT2D eigenvalue weighted by Gasteiger charge is 2.29. The van der Waals surface area contributed by atoms with Crippen LogP contribution in [-0.2, 0) is 0 Å². The average molecular weight is 212 g/mol. The Morgan fingerprint density at radius 1 is 1.07 bits per heavy atom. The highest BCUT2D eigenvalue weighted by Crippen LogP contribution is 2.29. The zero-order valence-corrected chi connectivity index (χ0v) is 9.24. The lowest BCUT2D eigenvalue weighted by Gasteiger charge is -2.30. The van der Waals surface area contributed by atoms with Crippen molar-refractivity contribution in [2.45, 2.75) is 33.0 Å². The topological polar surface area (TPSA) is 40.5 Å². The van der Waals surface area contributed by atoms with E-state index in [-0.39, 0.29) is 5.82 Å². The molecule has 0 spiro atoms. The first-order valence-electron chi connectivity index (χ1n) is 4.94. The van der Waals surface area contributed by atoms with Crippen LogP contribution in [0.2, 0.25) is 0 Å². The van der Waals surface area contributed by atoms with Gasteiger partial charge < -0.3 is 10.2 Å². The molecule has 2 N–H and O–H groups in total. The van der Waals surface area contributed by atoms with E-state index < -0.39 is 17.6 Å². The molecule has 0 heterocycles. The summed E-state index contributed by atoms with van der Waals surface area (Å²) in [5.41, 5.74) is 0.118. The fourth-order valence-corrected chi connectivity index (χ4v) is 1.32. The number of hydrogen-bond donors (Lipinski definition) is 2. The van der Waals surface area contributed by atoms with Gasteiger partial charge in [-0.15, -0.1) is 0 Å². The van der Waals surface area contributed by atoms with Gasteiger partial charge >= 0.3 is 0 Å². The second-order valence-electron chi connectivity index (χ2n) is 4.81. The van der Waals surface area contributed by atoms with Gasteiger partial charge in [-0.1, -0.05) is 32.9 Å². The average Bonchev–Trinajstić information content (AvgIpc) is 2.15. The van der Waals surface area contributed by atoms with E-state index in [4.69, 9.17) is 0 Å². The maximum atomic E-state index is 12.6. The highest BCUT2D eigenvalue weighted by molar-refractivity contribution is 5.19. The lowest BCUT2D eigenvalue weighted by molar-refractivity contribution is -0.0458. The molecule has 0 aliphatic rings. The minimum Gasteiger partial charge on any atom is -0.390 e. The lowest BCUT2D eigenvalue weighted by Crippen LogP contribution is -2.32. The van der Waals surface area contributed by atoms with E-state index in [1.807, 2.05) is 20.8 Å². The summed E-state index contributed by atoms with van der Waals surface area (Å²) < 4.78 is 12.6. The number of aliphatic hydroxyl groups excluding tert-OH is 2. The van der Waals surface area contributed by atoms with E-state index in [0.29, 0.717) is 5.56 Å². The van der Waals surface area contributed by atoms with Crippen LogP contribution in [0.5, 0.6) is 0 Å². The Labute approximate surface area is 89.4 Å². The first-order valence-corrected chi connectivity index (χ1v) is 4.94. The summed E-state index contributed by atoms with van der Waals surface area (Å²) >= 11 is 0. The fraction of sp³-hybridized carbons (Fsp3) is 0.500. The van der Waals surface area contributed by atoms with Gasteiger partial charge in [0.25, 0.3) is 0 Å². The molecule has 0 amide bonds. The van der Waals surface area contributed by atoms with Crippen molar-refractivity contribution in [2.75, 3.05) is 0 Å². The van der Waals surface area contributed by atoms with Crippen LogP contribution < -0.4 is 0 Å². The number of halogens is 1. The van der Waals surface area contributed by atoms with Gasteiger partial charge in [-0.3, -0.25) is 0 Å². The predicted octanol–water partition coefficient (Wildman–Crippen LogP) is 2.27. The van der Waals surface area contributed by atoms with Crippen LogP contribution in [0.3, 0.4) is 0 Å². The molecule has 0 aliphatic heterocycles. The van der Waals surface area contributed by atoms with Crippen LogP contribution in [-0.4, -0.2) is 16.3 Å². The van der Waals surface area contributed by atoms with Crippen molar-refractivity contribution >= 4 is 0 Å². The van der Waals surface area contributed by atoms with E-state index >= 15 is 0 Å². The number of aliphatic hydroxyl groups is 2. The van der Waals surface area contributed by atoms with E-state index in [1.54, 1.807) is 0 Å². The van der Waals surface area contributed by atoms with Crippen LogP contribution in [0.1, 0.15) is 32.4 Å². The summed E-state index contributed by atoms with van der Waals surface area (Å²) in [5, 5.41) is 19.7. The van der Waals surface area contributed by atoms with Crippen molar-refractivity contribution in [2.24, 2.45) is 5.41 Å². The quantitative estimate of drug-likeness (QED) is 0.789. The zero-order valence-electron chi connectivity index (χ0n) is 9.24. The standard InChI is InChI=1S/C12H17FO2/c1-12(2,3)11(15)10(14)8-4-6-9(13)7-5-8/h4-7,10-11,14-15H,1-3H3. The van der Waals surface area contributed by atoms with Crippen molar-refractivity contribution in [3.05, 3.63) is 35.6 Å². The van der Waals surface area contributed by atoms with Gasteiger partial charge in [0.15, 0.2) is 0 Å². The molecule has 1 aromatic carbocycles. The minimum absolute atomic E-state index is 0.351. The summed E-state index contributed by atoms with van der Waals surface area (Å²) in [7, 11) is 0. The molecule has 0 saturated heterocycles. The monoisotopic (exact) mass is 212 g/mol. The van der Waals surface area contributed by atoms with Crippen LogP contribution >= 0.6 is 0 Å². The van der Waals surface area contributed by atoms with Gasteiger partial charge in [-0.2, -0.15) is 0 Å². The SMILES string of the molecule is CC(C)(C)C(O)C(O)c1ccc(F)cc1. The van der Waals surface area contributed by atoms with Crippen LogP contribution in [0.4, 0.5) is 4.39 Å². The molecule has 0 radical (unpaired) electrons. The molecule has 2 unspecified atom stereocenters. The van der Waals surface area contributed by atoms with E-state index in [1.165, 1.54) is 24.3 Å². The summed E-state index contributed by atoms with van der Waals surface area (Å²) in [5.74, 6) is -0.351. The summed E-state index contributed by atoms with van der Waals surface area (Å²) in [6.45, 7) is 5.51. The molecule has 0 fully saturated rings. The molecule has 2 atom stereocenters. The first kappa shape index (κ1) is 12.1. The molecule has 0 bridgehead atoms. The minimum atomic E-state index is -0.981. The number of benzene rings is 1. The molecular formula is C12H17FO2. The second-order valence-corrected chi connectivity index (χ2v) is 4.81. The zero-order chi connectivity index (χ0) is 11.6. The van der Waals surface area contributed by atoms with Crippen LogP contribution in [0, 0.1) is 11.2 Å². The van der Waals surface area contributed by atoms with Crippen molar-refractivity contribution in [1.29, 1.82) is 0 Å². The molecule has 1 aromatic rings. The Hall–Kier alpha value is -0.930. The van der Waals surface area contributed by atoms with E-state index in [9.17, 15) is 14.6 Å². The number of rotatable bonds is 2. The normalized spacial score (nSPS) is 16.1. The Morgan fingerprint density at radius 2 is 1.53 bits per heavy atom. The maximum Gasteiger partial charge on any atom is 0.123 e. The highest BCUT2D eigenvalue weighted by atomic mass is 19.1. The molecule has 3 heteroatoms. The van der Waals surface area contributed by atoms with Crippen molar-refractivity contribution in [3.63, 3.8) is 0 Å². The smallest absolute Gasteiger partial charge is 0.123 e. The van der Waals surface area contributed by atoms with E-state index in [0.717, 1.165) is 0 Å². The van der Waals surface area contributed by atoms with Gasteiger partial charge in [-0.05, 0) is 23.1 Å². The Morgan fingerprint density at radius 3 is 1.93 bits per heavy atom. The first-order chi connectivity index (χ1) is 6.82. The molecule has 2 nitrogen and oxygen atoms in total. The Kier molecular flexibility index (Phi) is 3.47. The van der Waals surface area contributed by atoms with Gasteiger partial charge in [0.2, 0.25) is 0 Å². The lowest BCUT2D eigenvalue weighted by atomic mass is 9.83. The van der Waals surface area contributed by atoms with Gasteiger partial charge in [0.05, 0.1) is 6.10 Å². The molecule has 84 valence electrons. The molecule has 1 rings (SSSR count). The third kappa shape index (κ3) is 3.01.